The van der Waals surface area contributed by atoms with E-state index in [9.17, 15) is 4.79 Å². The topological polar surface area (TPSA) is 63.1 Å². The van der Waals surface area contributed by atoms with Crippen molar-refractivity contribution in [2.45, 2.75) is 77.6 Å². The lowest BCUT2D eigenvalue weighted by Gasteiger charge is -2.04. The van der Waals surface area contributed by atoms with E-state index < -0.39 is 5.97 Å². The Hall–Kier alpha value is -2.23. The van der Waals surface area contributed by atoms with Crippen molar-refractivity contribution in [1.29, 1.82) is 0 Å². The summed E-state index contributed by atoms with van der Waals surface area (Å²) >= 11 is 0. The molecular weight excluding hydrogens is 336 g/mol. The second kappa shape index (κ2) is 12.2. The Morgan fingerprint density at radius 2 is 1.33 bits per heavy atom. The standard InChI is InChI=1S/C23H32N2O2/c1-2-3-4-5-6-7-8-9-10-11-12-19-17-24-22(25-18-19)20-13-15-21(16-14-20)23(26)27/h13-18H,2-12H2,1H3,(H,26,27). The predicted octanol–water partition coefficient (Wildman–Crippen LogP) is 6.31. The minimum absolute atomic E-state index is 0.274. The van der Waals surface area contributed by atoms with Crippen LogP contribution in [0.25, 0.3) is 11.4 Å². The van der Waals surface area contributed by atoms with Crippen LogP contribution in [0.3, 0.4) is 0 Å². The van der Waals surface area contributed by atoms with E-state index in [2.05, 4.69) is 16.9 Å². The van der Waals surface area contributed by atoms with E-state index >= 15 is 0 Å². The largest absolute Gasteiger partial charge is 0.478 e. The number of unbranched alkanes of at least 4 members (excludes halogenated alkanes) is 9. The van der Waals surface area contributed by atoms with E-state index in [1.54, 1.807) is 24.3 Å². The molecule has 0 aliphatic heterocycles. The lowest BCUT2D eigenvalue weighted by atomic mass is 10.0. The SMILES string of the molecule is CCCCCCCCCCCCc1cnc(-c2ccc(C(=O)O)cc2)nc1. The molecule has 0 bridgehead atoms. The van der Waals surface area contributed by atoms with E-state index in [1.807, 2.05) is 12.4 Å². The molecule has 0 spiro atoms. The Morgan fingerprint density at radius 1 is 0.815 bits per heavy atom. The van der Waals surface area contributed by atoms with Gasteiger partial charge in [-0.15, -0.1) is 0 Å². The summed E-state index contributed by atoms with van der Waals surface area (Å²) in [6, 6.07) is 6.67. The number of aryl methyl sites for hydroxylation is 1. The minimum atomic E-state index is -0.922. The highest BCUT2D eigenvalue weighted by atomic mass is 16.4. The molecule has 2 rings (SSSR count). The van der Waals surface area contributed by atoms with Crippen molar-refractivity contribution in [2.75, 3.05) is 0 Å². The molecule has 1 aromatic carbocycles. The van der Waals surface area contributed by atoms with Crippen molar-refractivity contribution in [3.63, 3.8) is 0 Å². The molecule has 0 saturated heterocycles. The summed E-state index contributed by atoms with van der Waals surface area (Å²) < 4.78 is 0. The fraction of sp³-hybridized carbons (Fsp3) is 0.522. The minimum Gasteiger partial charge on any atom is -0.478 e. The maximum absolute atomic E-state index is 10.9. The first-order chi connectivity index (χ1) is 13.2. The molecule has 4 nitrogen and oxygen atoms in total. The Morgan fingerprint density at radius 3 is 1.85 bits per heavy atom. The van der Waals surface area contributed by atoms with Gasteiger partial charge in [0.2, 0.25) is 0 Å². The van der Waals surface area contributed by atoms with Gasteiger partial charge in [0.05, 0.1) is 5.56 Å². The average molecular weight is 369 g/mol. The van der Waals surface area contributed by atoms with Crippen molar-refractivity contribution in [3.05, 3.63) is 47.8 Å². The lowest BCUT2D eigenvalue weighted by molar-refractivity contribution is 0.0697. The molecular formula is C23H32N2O2. The van der Waals surface area contributed by atoms with Crippen LogP contribution in [0.15, 0.2) is 36.7 Å². The van der Waals surface area contributed by atoms with Gasteiger partial charge in [0.25, 0.3) is 0 Å². The second-order valence-electron chi connectivity index (χ2n) is 7.23. The first-order valence-electron chi connectivity index (χ1n) is 10.4. The molecule has 0 fully saturated rings. The van der Waals surface area contributed by atoms with E-state index in [0.717, 1.165) is 12.0 Å². The molecule has 1 N–H and O–H groups in total. The van der Waals surface area contributed by atoms with Crippen LogP contribution in [0, 0.1) is 0 Å². The highest BCUT2D eigenvalue weighted by Crippen LogP contribution is 2.16. The van der Waals surface area contributed by atoms with Gasteiger partial charge in [0.1, 0.15) is 0 Å². The molecule has 0 aliphatic carbocycles. The Balaban J connectivity index is 1.63. The Labute approximate surface area is 163 Å². The third-order valence-electron chi connectivity index (χ3n) is 4.91. The van der Waals surface area contributed by atoms with Gasteiger partial charge in [-0.05, 0) is 30.5 Å². The van der Waals surface area contributed by atoms with Gasteiger partial charge in [-0.25, -0.2) is 14.8 Å². The molecule has 0 radical (unpaired) electrons. The van der Waals surface area contributed by atoms with Gasteiger partial charge >= 0.3 is 5.97 Å². The molecule has 4 heteroatoms. The molecule has 0 unspecified atom stereocenters. The molecule has 146 valence electrons. The van der Waals surface area contributed by atoms with Crippen LogP contribution in [0.4, 0.5) is 0 Å². The van der Waals surface area contributed by atoms with Crippen LogP contribution in [-0.4, -0.2) is 21.0 Å². The first kappa shape index (κ1) is 21.1. The van der Waals surface area contributed by atoms with Crippen LogP contribution in [-0.2, 0) is 6.42 Å². The number of hydrogen-bond donors (Lipinski definition) is 1. The molecule has 27 heavy (non-hydrogen) atoms. The maximum atomic E-state index is 10.9. The smallest absolute Gasteiger partial charge is 0.335 e. The summed E-state index contributed by atoms with van der Waals surface area (Å²) in [7, 11) is 0. The predicted molar refractivity (Wildman–Crippen MR) is 110 cm³/mol. The van der Waals surface area contributed by atoms with Crippen LogP contribution >= 0.6 is 0 Å². The molecule has 2 aromatic rings. The van der Waals surface area contributed by atoms with E-state index in [4.69, 9.17) is 5.11 Å². The molecule has 0 atom stereocenters. The summed E-state index contributed by atoms with van der Waals surface area (Å²) in [5, 5.41) is 8.95. The third-order valence-corrected chi connectivity index (χ3v) is 4.91. The van der Waals surface area contributed by atoms with Crippen LogP contribution in [0.2, 0.25) is 0 Å². The first-order valence-corrected chi connectivity index (χ1v) is 10.4. The van der Waals surface area contributed by atoms with Crippen molar-refractivity contribution in [1.82, 2.24) is 9.97 Å². The number of carboxylic acid groups (broad SMARTS) is 1. The molecule has 0 amide bonds. The highest BCUT2D eigenvalue weighted by Gasteiger charge is 2.05. The van der Waals surface area contributed by atoms with Crippen LogP contribution < -0.4 is 0 Å². The number of benzene rings is 1. The average Bonchev–Trinajstić information content (AvgIpc) is 2.70. The zero-order valence-corrected chi connectivity index (χ0v) is 16.5. The third kappa shape index (κ3) is 7.90. The number of aromatic nitrogens is 2. The highest BCUT2D eigenvalue weighted by molar-refractivity contribution is 5.88. The summed E-state index contributed by atoms with van der Waals surface area (Å²) in [4.78, 5) is 19.8. The van der Waals surface area contributed by atoms with E-state index in [1.165, 1.54) is 69.8 Å². The van der Waals surface area contributed by atoms with E-state index in [-0.39, 0.29) is 5.56 Å². The van der Waals surface area contributed by atoms with Crippen molar-refractivity contribution < 1.29 is 9.90 Å². The number of hydrogen-bond acceptors (Lipinski definition) is 3. The number of rotatable bonds is 13. The van der Waals surface area contributed by atoms with Crippen molar-refractivity contribution >= 4 is 5.97 Å². The van der Waals surface area contributed by atoms with Gasteiger partial charge in [-0.3, -0.25) is 0 Å². The van der Waals surface area contributed by atoms with Gasteiger partial charge in [-0.2, -0.15) is 0 Å². The van der Waals surface area contributed by atoms with Gasteiger partial charge < -0.3 is 5.11 Å². The summed E-state index contributed by atoms with van der Waals surface area (Å²) in [6.07, 6.45) is 18.2. The summed E-state index contributed by atoms with van der Waals surface area (Å²) in [5.74, 6) is -0.284. The molecule has 0 aliphatic rings. The lowest BCUT2D eigenvalue weighted by Crippen LogP contribution is -1.96. The summed E-state index contributed by atoms with van der Waals surface area (Å²) in [5.41, 5.74) is 2.28. The number of carbonyl (C=O) groups is 1. The fourth-order valence-electron chi connectivity index (χ4n) is 3.21. The summed E-state index contributed by atoms with van der Waals surface area (Å²) in [6.45, 7) is 2.26. The molecule has 0 saturated carbocycles. The maximum Gasteiger partial charge on any atom is 0.335 e. The van der Waals surface area contributed by atoms with Gasteiger partial charge in [0.15, 0.2) is 5.82 Å². The number of carboxylic acids is 1. The zero-order chi connectivity index (χ0) is 19.3. The molecule has 1 heterocycles. The molecule has 1 aromatic heterocycles. The normalized spacial score (nSPS) is 10.9. The Kier molecular flexibility index (Phi) is 9.53. The van der Waals surface area contributed by atoms with Gasteiger partial charge in [0, 0.05) is 18.0 Å². The van der Waals surface area contributed by atoms with Crippen LogP contribution in [0.1, 0.15) is 87.1 Å². The monoisotopic (exact) mass is 368 g/mol. The Bertz CT molecular complexity index is 666. The fourth-order valence-corrected chi connectivity index (χ4v) is 3.21. The number of nitrogens with zero attached hydrogens (tertiary/aromatic N) is 2. The zero-order valence-electron chi connectivity index (χ0n) is 16.5. The van der Waals surface area contributed by atoms with Crippen molar-refractivity contribution in [2.24, 2.45) is 0 Å². The van der Waals surface area contributed by atoms with Gasteiger partial charge in [-0.1, -0.05) is 76.8 Å². The quantitative estimate of drug-likeness (QED) is 0.421. The van der Waals surface area contributed by atoms with E-state index in [0.29, 0.717) is 5.82 Å². The second-order valence-corrected chi connectivity index (χ2v) is 7.23. The van der Waals surface area contributed by atoms with Crippen LogP contribution in [0.5, 0.6) is 0 Å². The number of aromatic carboxylic acids is 1. The van der Waals surface area contributed by atoms with Crippen molar-refractivity contribution in [3.8, 4) is 11.4 Å².